The van der Waals surface area contributed by atoms with Crippen molar-refractivity contribution in [1.82, 2.24) is -0.167 Å². The van der Waals surface area contributed by atoms with Gasteiger partial charge in [0.1, 0.15) is 0 Å². The molecule has 0 aromatic heterocycles. The molecule has 9 heavy (non-hydrogen) atoms. The monoisotopic (exact) mass is 528 g/mol. The Morgan fingerprint density at radius 2 is 1.67 bits per heavy atom. The van der Waals surface area contributed by atoms with Gasteiger partial charge in [-0.3, -0.25) is 0 Å². The third kappa shape index (κ3) is 4.23. The minimum atomic E-state index is -3.23. The Balaban J connectivity index is 4.14. The zero-order chi connectivity index (χ0) is 7.49. The summed E-state index contributed by atoms with van der Waals surface area (Å²) in [5.41, 5.74) is 0. The Kier molecular flexibility index (Phi) is 5.47. The van der Waals surface area contributed by atoms with Crippen LogP contribution in [0.1, 0.15) is 0 Å². The molecule has 0 saturated heterocycles. The van der Waals surface area contributed by atoms with Crippen LogP contribution in [0.3, 0.4) is 0 Å². The van der Waals surface area contributed by atoms with E-state index >= 15 is 0 Å². The van der Waals surface area contributed by atoms with Crippen LogP contribution in [0.2, 0.25) is 8.86 Å². The van der Waals surface area contributed by atoms with Gasteiger partial charge in [0.05, 0.1) is 0 Å². The molecule has 0 amide bonds. The van der Waals surface area contributed by atoms with Gasteiger partial charge in [0.15, 0.2) is 0 Å². The first-order chi connectivity index (χ1) is 4.02. The molecule has 7 heteroatoms. The van der Waals surface area contributed by atoms with Crippen LogP contribution < -0.4 is 5.14 Å². The third-order valence-corrected chi connectivity index (χ3v) is 50.7. The van der Waals surface area contributed by atoms with Crippen LogP contribution >= 0.6 is 0 Å². The Bertz CT molecular complexity index is 163. The van der Waals surface area contributed by atoms with E-state index in [1.54, 1.807) is -0.167 Å². The van der Waals surface area contributed by atoms with E-state index < -0.39 is 60.0 Å². The molecule has 0 aromatic carbocycles. The fourth-order valence-electron chi connectivity index (χ4n) is 0.583. The molecule has 0 aliphatic rings. The van der Waals surface area contributed by atoms with Gasteiger partial charge in [-0.25, -0.2) is 0 Å². The van der Waals surface area contributed by atoms with Crippen LogP contribution in [0.25, 0.3) is 0 Å². The van der Waals surface area contributed by atoms with Gasteiger partial charge in [-0.15, -0.1) is 0 Å². The van der Waals surface area contributed by atoms with Crippen molar-refractivity contribution in [1.29, 1.82) is 0 Å². The fraction of sp³-hybridized carbons (Fsp3) is 1.00. The van der Waals surface area contributed by atoms with Crippen molar-refractivity contribution in [3.05, 3.63) is 0 Å². The molecule has 0 aliphatic heterocycles. The van der Waals surface area contributed by atoms with Crippen LogP contribution in [0.15, 0.2) is 0 Å². The number of hydrogen-bond acceptors (Lipinski definition) is 2. The van der Waals surface area contributed by atoms with Crippen molar-refractivity contribution in [3.63, 3.8) is 0 Å². The second kappa shape index (κ2) is 4.58. The predicted octanol–water partition coefficient (Wildman–Crippen LogP) is -0.417. The Morgan fingerprint density at radius 1 is 1.33 bits per heavy atom. The number of hydrogen-bond donors (Lipinski definition) is 1. The molecule has 0 unspecified atom stereocenters. The molecule has 0 atom stereocenters. The van der Waals surface area contributed by atoms with E-state index in [0.29, 0.717) is 0 Å². The fourth-order valence-corrected chi connectivity index (χ4v) is 26.7. The van der Waals surface area contributed by atoms with Crippen molar-refractivity contribution in [2.45, 2.75) is 8.86 Å². The molecule has 0 spiro atoms. The van der Waals surface area contributed by atoms with Crippen molar-refractivity contribution in [3.8, 4) is 0 Å². The third-order valence-electron chi connectivity index (χ3n) is 1.07. The topological polar surface area (TPSA) is 63.4 Å². The van der Waals surface area contributed by atoms with Crippen LogP contribution in [0.5, 0.6) is 0 Å². The molecule has 0 aromatic rings. The van der Waals surface area contributed by atoms with Gasteiger partial charge in [0.25, 0.3) is 0 Å². The molecule has 0 saturated carbocycles. The van der Waals surface area contributed by atoms with Crippen LogP contribution in [0.4, 0.5) is 0 Å². The summed E-state index contributed by atoms with van der Waals surface area (Å²) in [7, 11) is -3.23. The zero-order valence-corrected chi connectivity index (χ0v) is 17.5. The van der Waals surface area contributed by atoms with E-state index in [1.165, 1.54) is 0 Å². The van der Waals surface area contributed by atoms with E-state index in [4.69, 9.17) is 5.14 Å². The van der Waals surface area contributed by atoms with Gasteiger partial charge in [-0.2, -0.15) is 0 Å². The van der Waals surface area contributed by atoms with E-state index in [0.717, 1.165) is 0 Å². The van der Waals surface area contributed by atoms with Crippen molar-refractivity contribution >= 4 is 10.2 Å². The van der Waals surface area contributed by atoms with E-state index in [2.05, 4.69) is 0 Å². The Labute approximate surface area is 81.1 Å². The molecule has 0 rings (SSSR count). The van der Waals surface area contributed by atoms with Gasteiger partial charge in [-0.05, 0) is 0 Å². The zero-order valence-electron chi connectivity index (χ0n) is 5.66. The first kappa shape index (κ1) is 10.7. The molecule has 48 valence electrons. The maximum absolute atomic E-state index is 10.6. The second-order valence-electron chi connectivity index (χ2n) is 1.63. The number of nitrogens with zero attached hydrogens (tertiary/aromatic N) is 1. The molecule has 0 radical (unpaired) electrons. The van der Waals surface area contributed by atoms with Gasteiger partial charge >= 0.3 is 82.2 Å². The maximum atomic E-state index is 10.6. The standard InChI is InChI=1S/2CH3.2Hg.H2N2O2S/c;;;;1-5(2,3)4/h2*1H3;;;(H2,1,3,4). The predicted molar refractivity (Wildman–Crippen MR) is 26.7 cm³/mol. The number of nitrogens with two attached hydrogens (primary N) is 1. The van der Waals surface area contributed by atoms with Crippen molar-refractivity contribution < 1.29 is 58.2 Å². The molecule has 0 heterocycles. The van der Waals surface area contributed by atoms with E-state index in [9.17, 15) is 8.42 Å². The average Bonchev–Trinajstić information content (AvgIpc) is 1.65. The Hall–Kier alpha value is 1.74. The molecular weight excluding hydrogens is 517 g/mol. The molecule has 0 bridgehead atoms. The summed E-state index contributed by atoms with van der Waals surface area (Å²) in [4.78, 5) is 0. The SMILES string of the molecule is [CH3][Hg][N]([Hg][CH3])S(N)(=O)=O. The summed E-state index contributed by atoms with van der Waals surface area (Å²) in [5, 5.41) is 4.91. The minimum absolute atomic E-state index is 1.21. The summed E-state index contributed by atoms with van der Waals surface area (Å²) in [6.45, 7) is 0. The average molecular weight is 525 g/mol. The molecule has 0 aliphatic carbocycles. The molecule has 0 fully saturated rings. The first-order valence-corrected chi connectivity index (χ1v) is 20.2. The summed E-state index contributed by atoms with van der Waals surface area (Å²) in [5.74, 6) is 0. The van der Waals surface area contributed by atoms with Gasteiger partial charge in [0.2, 0.25) is 0 Å². The molecule has 4 nitrogen and oxygen atoms in total. The molecular formula is C2H8Hg2N2O2S. The number of rotatable bonds is 3. The Morgan fingerprint density at radius 3 is 1.67 bits per heavy atom. The summed E-state index contributed by atoms with van der Waals surface area (Å²) < 4.78 is 26.9. The summed E-state index contributed by atoms with van der Waals surface area (Å²) in [6, 6.07) is 0. The molecule has 2 N–H and O–H groups in total. The normalized spacial score (nSPS) is 10.7. The van der Waals surface area contributed by atoms with Crippen molar-refractivity contribution in [2.75, 3.05) is 0 Å². The van der Waals surface area contributed by atoms with Gasteiger partial charge in [0, 0.05) is 0 Å². The van der Waals surface area contributed by atoms with Crippen LogP contribution in [0, 0.1) is 0 Å². The van der Waals surface area contributed by atoms with E-state index in [-0.39, 0.29) is 0 Å². The van der Waals surface area contributed by atoms with Crippen LogP contribution in [-0.2, 0) is 60.0 Å². The van der Waals surface area contributed by atoms with Crippen LogP contribution in [-0.4, -0.2) is 8.25 Å². The van der Waals surface area contributed by atoms with Crippen molar-refractivity contribution in [2.24, 2.45) is 5.14 Å². The second-order valence-corrected chi connectivity index (χ2v) is 31.1. The van der Waals surface area contributed by atoms with Gasteiger partial charge < -0.3 is 0 Å². The summed E-state index contributed by atoms with van der Waals surface area (Å²) in [6.07, 6.45) is 0. The van der Waals surface area contributed by atoms with E-state index in [1.807, 2.05) is 8.86 Å². The summed E-state index contributed by atoms with van der Waals surface area (Å²) >= 11 is -2.43. The quantitative estimate of drug-likeness (QED) is 0.510. The first-order valence-electron chi connectivity index (χ1n) is 2.80. The van der Waals surface area contributed by atoms with Gasteiger partial charge in [-0.1, -0.05) is 0 Å².